The van der Waals surface area contributed by atoms with Gasteiger partial charge in [0, 0.05) is 30.1 Å². The molecule has 30 heavy (non-hydrogen) atoms. The zero-order chi connectivity index (χ0) is 22.3. The molecule has 0 N–H and O–H groups in total. The van der Waals surface area contributed by atoms with Crippen LogP contribution in [-0.2, 0) is 9.84 Å². The van der Waals surface area contributed by atoms with Crippen LogP contribution in [0.4, 0.5) is 13.2 Å². The highest BCUT2D eigenvalue weighted by Gasteiger charge is 2.30. The standard InChI is InChI=1S/C18H19F3N4O3S2/c1-5-30(26,27)13-6-11(28-17(2,3)4)8-22-16(13)12-9-25-10-23-15(7-14(25)24-12)29-18(19,20)21/h6-10H,5H2,1-4H3. The first-order valence-electron chi connectivity index (χ1n) is 8.80. The molecule has 3 aromatic heterocycles. The fourth-order valence-electron chi connectivity index (χ4n) is 2.58. The van der Waals surface area contributed by atoms with Crippen molar-refractivity contribution in [3.63, 3.8) is 0 Å². The Bertz CT molecular complexity index is 1190. The fourth-order valence-corrected chi connectivity index (χ4v) is 4.14. The van der Waals surface area contributed by atoms with Gasteiger partial charge in [-0.15, -0.1) is 0 Å². The van der Waals surface area contributed by atoms with Gasteiger partial charge in [0.1, 0.15) is 39.7 Å². The topological polar surface area (TPSA) is 86.5 Å². The molecule has 162 valence electrons. The Morgan fingerprint density at radius 1 is 1.17 bits per heavy atom. The summed E-state index contributed by atoms with van der Waals surface area (Å²) in [6, 6.07) is 2.56. The molecule has 0 unspecified atom stereocenters. The van der Waals surface area contributed by atoms with Gasteiger partial charge < -0.3 is 4.74 Å². The zero-order valence-corrected chi connectivity index (χ0v) is 18.2. The van der Waals surface area contributed by atoms with Gasteiger partial charge in [0.2, 0.25) is 0 Å². The molecule has 0 saturated heterocycles. The number of ether oxygens (including phenoxy) is 1. The molecule has 0 amide bonds. The van der Waals surface area contributed by atoms with Crippen LogP contribution in [0.3, 0.4) is 0 Å². The van der Waals surface area contributed by atoms with Gasteiger partial charge in [-0.05, 0) is 20.8 Å². The average molecular weight is 461 g/mol. The Hall–Kier alpha value is -2.34. The Morgan fingerprint density at radius 3 is 2.47 bits per heavy atom. The second-order valence-corrected chi connectivity index (χ2v) is 10.6. The lowest BCUT2D eigenvalue weighted by molar-refractivity contribution is -0.0329. The summed E-state index contributed by atoms with van der Waals surface area (Å²) in [5, 5.41) is -0.268. The van der Waals surface area contributed by atoms with Crippen LogP contribution in [-0.4, -0.2) is 44.6 Å². The summed E-state index contributed by atoms with van der Waals surface area (Å²) in [5.41, 5.74) is -4.57. The van der Waals surface area contributed by atoms with Gasteiger partial charge in [-0.25, -0.2) is 23.4 Å². The Morgan fingerprint density at radius 2 is 1.87 bits per heavy atom. The van der Waals surface area contributed by atoms with Crippen molar-refractivity contribution in [1.82, 2.24) is 19.4 Å². The maximum absolute atomic E-state index is 12.7. The number of aromatic nitrogens is 4. The van der Waals surface area contributed by atoms with Crippen molar-refractivity contribution >= 4 is 27.2 Å². The van der Waals surface area contributed by atoms with E-state index in [0.29, 0.717) is 0 Å². The fraction of sp³-hybridized carbons (Fsp3) is 0.389. The predicted molar refractivity (Wildman–Crippen MR) is 106 cm³/mol. The molecule has 0 aromatic carbocycles. The number of thioether (sulfide) groups is 1. The van der Waals surface area contributed by atoms with Crippen LogP contribution in [0.15, 0.2) is 40.8 Å². The molecule has 0 spiro atoms. The molecule has 12 heteroatoms. The molecule has 3 aromatic rings. The molecule has 0 saturated carbocycles. The third-order valence-corrected chi connectivity index (χ3v) is 6.16. The van der Waals surface area contributed by atoms with E-state index in [9.17, 15) is 21.6 Å². The number of hydrogen-bond donors (Lipinski definition) is 0. The number of pyridine rings is 1. The summed E-state index contributed by atoms with van der Waals surface area (Å²) in [7, 11) is -3.68. The van der Waals surface area contributed by atoms with Crippen molar-refractivity contribution < 1.29 is 26.3 Å². The Balaban J connectivity index is 2.10. The summed E-state index contributed by atoms with van der Waals surface area (Å²) in [5.74, 6) is 0.120. The maximum atomic E-state index is 12.7. The summed E-state index contributed by atoms with van der Waals surface area (Å²) < 4.78 is 70.3. The molecular weight excluding hydrogens is 441 g/mol. The SMILES string of the molecule is CCS(=O)(=O)c1cc(OC(C)(C)C)cnc1-c1cn2cnc(SC(F)(F)F)cc2n1. The van der Waals surface area contributed by atoms with Gasteiger partial charge >= 0.3 is 5.51 Å². The first-order chi connectivity index (χ1) is 13.8. The van der Waals surface area contributed by atoms with E-state index < -0.39 is 20.9 Å². The van der Waals surface area contributed by atoms with Crippen LogP contribution < -0.4 is 4.74 Å². The molecule has 0 aliphatic heterocycles. The van der Waals surface area contributed by atoms with Crippen molar-refractivity contribution in [3.8, 4) is 17.1 Å². The van der Waals surface area contributed by atoms with E-state index >= 15 is 0 Å². The maximum Gasteiger partial charge on any atom is 0.447 e. The predicted octanol–water partition coefficient (Wildman–Crippen LogP) is 4.37. The molecule has 3 heterocycles. The van der Waals surface area contributed by atoms with Gasteiger partial charge in [-0.3, -0.25) is 4.40 Å². The van der Waals surface area contributed by atoms with Gasteiger partial charge in [0.05, 0.1) is 16.8 Å². The Labute approximate surface area is 175 Å². The minimum absolute atomic E-state index is 0.0620. The minimum Gasteiger partial charge on any atom is -0.486 e. The largest absolute Gasteiger partial charge is 0.486 e. The lowest BCUT2D eigenvalue weighted by atomic mass is 10.2. The number of hydrogen-bond acceptors (Lipinski definition) is 7. The highest BCUT2D eigenvalue weighted by molar-refractivity contribution is 8.00. The van der Waals surface area contributed by atoms with Crippen LogP contribution in [0.1, 0.15) is 27.7 Å². The van der Waals surface area contributed by atoms with Gasteiger partial charge in [0.15, 0.2) is 9.84 Å². The van der Waals surface area contributed by atoms with Crippen molar-refractivity contribution in [2.75, 3.05) is 5.75 Å². The molecule has 0 fully saturated rings. The quantitative estimate of drug-likeness (QED) is 0.413. The molecule has 0 aliphatic rings. The van der Waals surface area contributed by atoms with Crippen LogP contribution in [0.2, 0.25) is 0 Å². The third kappa shape index (κ3) is 5.22. The lowest BCUT2D eigenvalue weighted by Crippen LogP contribution is -2.23. The first kappa shape index (κ1) is 22.3. The van der Waals surface area contributed by atoms with Crippen LogP contribution in [0.25, 0.3) is 17.0 Å². The monoisotopic (exact) mass is 460 g/mol. The van der Waals surface area contributed by atoms with Crippen molar-refractivity contribution in [2.45, 2.75) is 48.7 Å². The number of alkyl halides is 3. The zero-order valence-electron chi connectivity index (χ0n) is 16.6. The Kier molecular flexibility index (Phi) is 5.76. The van der Waals surface area contributed by atoms with Gasteiger partial charge in [-0.2, -0.15) is 13.2 Å². The number of nitrogens with zero attached hydrogens (tertiary/aromatic N) is 4. The van der Waals surface area contributed by atoms with Crippen molar-refractivity contribution in [3.05, 3.63) is 30.9 Å². The summed E-state index contributed by atoms with van der Waals surface area (Å²) in [6.07, 6.45) is 4.04. The van der Waals surface area contributed by atoms with Crippen LogP contribution >= 0.6 is 11.8 Å². The van der Waals surface area contributed by atoms with Crippen LogP contribution in [0, 0.1) is 0 Å². The molecule has 0 atom stereocenters. The smallest absolute Gasteiger partial charge is 0.447 e. The molecule has 3 rings (SSSR count). The normalized spacial score (nSPS) is 13.0. The van der Waals surface area contributed by atoms with E-state index in [4.69, 9.17) is 4.74 Å². The average Bonchev–Trinajstić information content (AvgIpc) is 3.02. The van der Waals surface area contributed by atoms with Gasteiger partial charge in [0.25, 0.3) is 0 Å². The minimum atomic E-state index is -4.48. The second kappa shape index (κ2) is 7.73. The highest BCUT2D eigenvalue weighted by Crippen LogP contribution is 2.36. The number of imidazole rings is 1. The highest BCUT2D eigenvalue weighted by atomic mass is 32.2. The van der Waals surface area contributed by atoms with E-state index in [0.717, 1.165) is 0 Å². The van der Waals surface area contributed by atoms with E-state index in [1.807, 2.05) is 20.8 Å². The summed E-state index contributed by atoms with van der Waals surface area (Å²) in [6.45, 7) is 6.96. The number of sulfone groups is 1. The molecule has 0 aliphatic carbocycles. The number of rotatable bonds is 5. The number of halogens is 3. The number of fused-ring (bicyclic) bond motifs is 1. The van der Waals surface area contributed by atoms with Crippen molar-refractivity contribution in [1.29, 1.82) is 0 Å². The molecule has 0 radical (unpaired) electrons. The summed E-state index contributed by atoms with van der Waals surface area (Å²) >= 11 is -0.354. The van der Waals surface area contributed by atoms with E-state index in [2.05, 4.69) is 15.0 Å². The second-order valence-electron chi connectivity index (χ2n) is 7.30. The lowest BCUT2D eigenvalue weighted by Gasteiger charge is -2.21. The molecule has 7 nitrogen and oxygen atoms in total. The first-order valence-corrected chi connectivity index (χ1v) is 11.3. The summed E-state index contributed by atoms with van der Waals surface area (Å²) in [4.78, 5) is 12.2. The van der Waals surface area contributed by atoms with Crippen LogP contribution in [0.5, 0.6) is 5.75 Å². The molecule has 0 bridgehead atoms. The third-order valence-electron chi connectivity index (χ3n) is 3.75. The van der Waals surface area contributed by atoms with Gasteiger partial charge in [-0.1, -0.05) is 6.92 Å². The molecular formula is C18H19F3N4O3S2. The van der Waals surface area contributed by atoms with E-state index in [-0.39, 0.29) is 50.2 Å². The van der Waals surface area contributed by atoms with E-state index in [1.165, 1.54) is 42.2 Å². The van der Waals surface area contributed by atoms with Crippen molar-refractivity contribution in [2.24, 2.45) is 0 Å². The van der Waals surface area contributed by atoms with E-state index in [1.54, 1.807) is 0 Å².